The molecular formula is C8H8BF5Si. The van der Waals surface area contributed by atoms with E-state index in [0.29, 0.717) is 12.1 Å². The highest BCUT2D eigenvalue weighted by Crippen LogP contribution is 2.09. The van der Waals surface area contributed by atoms with Crippen LogP contribution in [0.25, 0.3) is 0 Å². The van der Waals surface area contributed by atoms with Gasteiger partial charge >= 0.3 is 7.27 Å². The van der Waals surface area contributed by atoms with E-state index in [4.69, 9.17) is 0 Å². The van der Waals surface area contributed by atoms with E-state index in [2.05, 4.69) is 0 Å². The van der Waals surface area contributed by atoms with Crippen molar-refractivity contribution in [1.29, 1.82) is 0 Å². The van der Waals surface area contributed by atoms with Gasteiger partial charge in [0, 0.05) is 0 Å². The van der Waals surface area contributed by atoms with Gasteiger partial charge in [-0.1, -0.05) is 0 Å². The SMILES string of the molecule is C[Si](C)(F)c1cc(F)c(F)cc1B(F)F. The minimum atomic E-state index is -3.58. The molecule has 0 radical (unpaired) electrons. The smallest absolute Gasteiger partial charge is 0.308 e. The quantitative estimate of drug-likeness (QED) is 0.420. The van der Waals surface area contributed by atoms with Crippen LogP contribution in [0.5, 0.6) is 0 Å². The van der Waals surface area contributed by atoms with Crippen molar-refractivity contribution in [3.05, 3.63) is 23.8 Å². The summed E-state index contributed by atoms with van der Waals surface area (Å²) in [6.07, 6.45) is 0. The summed E-state index contributed by atoms with van der Waals surface area (Å²) in [5, 5.41) is -0.392. The lowest BCUT2D eigenvalue weighted by atomic mass is 9.86. The lowest BCUT2D eigenvalue weighted by Crippen LogP contribution is -2.50. The van der Waals surface area contributed by atoms with Crippen LogP contribution < -0.4 is 10.6 Å². The molecule has 1 rings (SSSR count). The third-order valence-electron chi connectivity index (χ3n) is 1.97. The number of hydrogen-bond acceptors (Lipinski definition) is 0. The summed E-state index contributed by atoms with van der Waals surface area (Å²) in [5.41, 5.74) is -0.756. The highest BCUT2D eigenvalue weighted by molar-refractivity contribution is 6.88. The van der Waals surface area contributed by atoms with Crippen molar-refractivity contribution in [2.75, 3.05) is 0 Å². The molecule has 0 nitrogen and oxygen atoms in total. The maximum absolute atomic E-state index is 13.6. The van der Waals surface area contributed by atoms with Crippen molar-refractivity contribution in [3.63, 3.8) is 0 Å². The molecule has 0 saturated heterocycles. The van der Waals surface area contributed by atoms with E-state index in [1.807, 2.05) is 0 Å². The van der Waals surface area contributed by atoms with Crippen LogP contribution in [0.3, 0.4) is 0 Å². The fraction of sp³-hybridized carbons (Fsp3) is 0.250. The standard InChI is InChI=1S/C8H8BF5Si/c1-15(2,14)8-4-7(11)6(10)3-5(8)9(12)13/h3-4H,1-2H3. The van der Waals surface area contributed by atoms with E-state index in [0.717, 1.165) is 13.1 Å². The first-order chi connectivity index (χ1) is 6.73. The minimum Gasteiger partial charge on any atom is -0.308 e. The molecule has 1 aromatic carbocycles. The van der Waals surface area contributed by atoms with Crippen LogP contribution in [-0.2, 0) is 0 Å². The van der Waals surface area contributed by atoms with Gasteiger partial charge in [0.05, 0.1) is 0 Å². The normalized spacial score (nSPS) is 11.7. The summed E-state index contributed by atoms with van der Waals surface area (Å²) in [4.78, 5) is 0. The lowest BCUT2D eigenvalue weighted by Gasteiger charge is -2.15. The van der Waals surface area contributed by atoms with Crippen LogP contribution in [0.1, 0.15) is 0 Å². The predicted octanol–water partition coefficient (Wildman–Crippen LogP) is 1.98. The molecule has 0 aliphatic rings. The van der Waals surface area contributed by atoms with E-state index in [1.165, 1.54) is 0 Å². The van der Waals surface area contributed by atoms with Gasteiger partial charge in [-0.3, -0.25) is 8.63 Å². The second-order valence-corrected chi connectivity index (χ2v) is 7.11. The Morgan fingerprint density at radius 1 is 1.07 bits per heavy atom. The Bertz CT molecular complexity index is 374. The van der Waals surface area contributed by atoms with Crippen molar-refractivity contribution in [2.24, 2.45) is 0 Å². The minimum absolute atomic E-state index is 0.365. The van der Waals surface area contributed by atoms with Crippen LogP contribution in [0.2, 0.25) is 13.1 Å². The molecule has 0 spiro atoms. The van der Waals surface area contributed by atoms with Gasteiger partial charge in [-0.2, -0.15) is 0 Å². The Morgan fingerprint density at radius 3 is 1.93 bits per heavy atom. The molecule has 0 fully saturated rings. The Kier molecular flexibility index (Phi) is 3.22. The van der Waals surface area contributed by atoms with Crippen molar-refractivity contribution in [1.82, 2.24) is 0 Å². The van der Waals surface area contributed by atoms with Crippen molar-refractivity contribution < 1.29 is 21.5 Å². The number of benzene rings is 1. The fourth-order valence-corrected chi connectivity index (χ4v) is 2.60. The number of hydrogen-bond donors (Lipinski definition) is 0. The Morgan fingerprint density at radius 2 is 1.53 bits per heavy atom. The van der Waals surface area contributed by atoms with Crippen LogP contribution in [0.15, 0.2) is 12.1 Å². The summed E-state index contributed by atoms with van der Waals surface area (Å²) in [6.45, 7) is 2.29. The van der Waals surface area contributed by atoms with E-state index in [9.17, 15) is 21.5 Å². The Balaban J connectivity index is 3.42. The topological polar surface area (TPSA) is 0 Å². The van der Waals surface area contributed by atoms with Gasteiger partial charge in [-0.15, -0.1) is 0 Å². The first-order valence-electron chi connectivity index (χ1n) is 4.20. The molecule has 0 atom stereocenters. The maximum Gasteiger partial charge on any atom is 0.572 e. The third-order valence-corrected chi connectivity index (χ3v) is 3.68. The maximum atomic E-state index is 13.6. The highest BCUT2D eigenvalue weighted by Gasteiger charge is 2.33. The molecule has 0 saturated carbocycles. The summed E-state index contributed by atoms with van der Waals surface area (Å²) in [7, 11) is -6.58. The first kappa shape index (κ1) is 12.2. The zero-order valence-corrected chi connectivity index (χ0v) is 9.12. The molecule has 0 aliphatic heterocycles. The van der Waals surface area contributed by atoms with Gasteiger partial charge in [0.2, 0.25) is 0 Å². The monoisotopic (exact) mass is 238 g/mol. The van der Waals surface area contributed by atoms with Crippen LogP contribution in [0, 0.1) is 11.6 Å². The van der Waals surface area contributed by atoms with E-state index in [1.54, 1.807) is 0 Å². The van der Waals surface area contributed by atoms with Crippen LogP contribution in [0.4, 0.5) is 21.5 Å². The molecule has 0 unspecified atom stereocenters. The molecule has 1 aromatic rings. The third kappa shape index (κ3) is 2.59. The van der Waals surface area contributed by atoms with Gasteiger partial charge in [0.25, 0.3) is 8.41 Å². The predicted molar refractivity (Wildman–Crippen MR) is 52.2 cm³/mol. The van der Waals surface area contributed by atoms with Gasteiger partial charge in [0.1, 0.15) is 0 Å². The van der Waals surface area contributed by atoms with Gasteiger partial charge in [0.15, 0.2) is 11.6 Å². The van der Waals surface area contributed by atoms with E-state index < -0.39 is 38.0 Å². The van der Waals surface area contributed by atoms with Crippen molar-refractivity contribution in [2.45, 2.75) is 13.1 Å². The summed E-state index contributed by atoms with van der Waals surface area (Å²) < 4.78 is 63.9. The molecule has 15 heavy (non-hydrogen) atoms. The van der Waals surface area contributed by atoms with Crippen molar-refractivity contribution in [3.8, 4) is 0 Å². The highest BCUT2D eigenvalue weighted by atomic mass is 28.4. The average Bonchev–Trinajstić information content (AvgIpc) is 2.06. The number of halogens is 5. The first-order valence-corrected chi connectivity index (χ1v) is 7.07. The average molecular weight is 238 g/mol. The van der Waals surface area contributed by atoms with E-state index in [-0.39, 0.29) is 0 Å². The molecule has 0 heterocycles. The molecule has 0 aliphatic carbocycles. The second kappa shape index (κ2) is 3.96. The summed E-state index contributed by atoms with van der Waals surface area (Å²) >= 11 is 0. The molecule has 0 N–H and O–H groups in total. The largest absolute Gasteiger partial charge is 0.572 e. The molecule has 0 aromatic heterocycles. The lowest BCUT2D eigenvalue weighted by molar-refractivity contribution is 0.509. The summed E-state index contributed by atoms with van der Waals surface area (Å²) in [5.74, 6) is -2.68. The summed E-state index contributed by atoms with van der Waals surface area (Å²) in [6, 6.07) is 0.896. The molecule has 0 amide bonds. The molecule has 0 bridgehead atoms. The fourth-order valence-electron chi connectivity index (χ4n) is 1.26. The van der Waals surface area contributed by atoms with Crippen molar-refractivity contribution >= 4 is 26.3 Å². The molecule has 82 valence electrons. The second-order valence-electron chi connectivity index (χ2n) is 3.63. The zero-order valence-electron chi connectivity index (χ0n) is 8.12. The van der Waals surface area contributed by atoms with Gasteiger partial charge in [-0.25, -0.2) is 8.78 Å². The van der Waals surface area contributed by atoms with Crippen LogP contribution in [-0.4, -0.2) is 15.7 Å². The van der Waals surface area contributed by atoms with E-state index >= 15 is 0 Å². The zero-order chi connectivity index (χ0) is 11.8. The Labute approximate surface area is 85.5 Å². The molecular weight excluding hydrogens is 230 g/mol. The van der Waals surface area contributed by atoms with Crippen LogP contribution >= 0.6 is 0 Å². The van der Waals surface area contributed by atoms with Gasteiger partial charge < -0.3 is 4.11 Å². The Hall–Kier alpha value is -0.848. The number of rotatable bonds is 2. The van der Waals surface area contributed by atoms with Gasteiger partial charge in [-0.05, 0) is 35.9 Å². The molecule has 7 heteroatoms.